The lowest BCUT2D eigenvalue weighted by Gasteiger charge is -2.18. The maximum atomic E-state index is 12.9. The van der Waals surface area contributed by atoms with Crippen molar-refractivity contribution in [3.05, 3.63) is 46.8 Å². The van der Waals surface area contributed by atoms with Crippen molar-refractivity contribution in [2.24, 2.45) is 4.99 Å². The van der Waals surface area contributed by atoms with Crippen LogP contribution in [0.3, 0.4) is 0 Å². The fourth-order valence-electron chi connectivity index (χ4n) is 3.39. The number of thiazole rings is 1. The average molecular weight is 471 g/mol. The van der Waals surface area contributed by atoms with Gasteiger partial charge in [-0.05, 0) is 30.7 Å². The number of hydrogen-bond donors (Lipinski definition) is 0. The molecule has 0 bridgehead atoms. The summed E-state index contributed by atoms with van der Waals surface area (Å²) in [4.78, 5) is 29.5. The van der Waals surface area contributed by atoms with Gasteiger partial charge in [-0.1, -0.05) is 24.7 Å². The van der Waals surface area contributed by atoms with E-state index < -0.39 is 0 Å². The lowest BCUT2D eigenvalue weighted by atomic mass is 10.2. The Bertz CT molecular complexity index is 1210. The summed E-state index contributed by atoms with van der Waals surface area (Å²) in [5.41, 5.74) is 1.28. The molecule has 1 amide bonds. The van der Waals surface area contributed by atoms with Gasteiger partial charge in [-0.2, -0.15) is 4.99 Å². The van der Waals surface area contributed by atoms with Gasteiger partial charge in [0.1, 0.15) is 19.0 Å². The van der Waals surface area contributed by atoms with Gasteiger partial charge < -0.3 is 23.5 Å². The SMILES string of the molecule is CCCCOc1ccc(C(=O)N=c2sc3cc4c(cc3n2CCC(=O)OC)OCCO4)cc1. The highest BCUT2D eigenvalue weighted by atomic mass is 32.1. The molecule has 4 rings (SSSR count). The van der Waals surface area contributed by atoms with Crippen LogP contribution in [-0.2, 0) is 16.1 Å². The van der Waals surface area contributed by atoms with Gasteiger partial charge >= 0.3 is 5.97 Å². The molecule has 1 aliphatic heterocycles. The Morgan fingerprint density at radius 1 is 1.12 bits per heavy atom. The number of fused-ring (bicyclic) bond motifs is 2. The number of rotatable bonds is 8. The molecule has 174 valence electrons. The molecule has 2 aromatic carbocycles. The van der Waals surface area contributed by atoms with Gasteiger partial charge in [0.05, 0.1) is 30.4 Å². The molecule has 8 nitrogen and oxygen atoms in total. The van der Waals surface area contributed by atoms with E-state index in [9.17, 15) is 9.59 Å². The van der Waals surface area contributed by atoms with Crippen molar-refractivity contribution in [1.82, 2.24) is 4.57 Å². The summed E-state index contributed by atoms with van der Waals surface area (Å²) < 4.78 is 24.6. The first-order valence-corrected chi connectivity index (χ1v) is 11.7. The third kappa shape index (κ3) is 5.36. The zero-order chi connectivity index (χ0) is 23.2. The molecule has 0 saturated heterocycles. The second kappa shape index (κ2) is 10.5. The van der Waals surface area contributed by atoms with E-state index in [0.29, 0.717) is 48.2 Å². The van der Waals surface area contributed by atoms with Crippen molar-refractivity contribution in [2.75, 3.05) is 26.9 Å². The molecular formula is C24H26N2O6S. The van der Waals surface area contributed by atoms with E-state index >= 15 is 0 Å². The number of nitrogens with zero attached hydrogens (tertiary/aromatic N) is 2. The van der Waals surface area contributed by atoms with Gasteiger partial charge in [-0.25, -0.2) is 0 Å². The number of carbonyl (C=O) groups excluding carboxylic acids is 2. The highest BCUT2D eigenvalue weighted by Gasteiger charge is 2.18. The summed E-state index contributed by atoms with van der Waals surface area (Å²) in [5, 5.41) is 0. The molecule has 0 N–H and O–H groups in total. The minimum absolute atomic E-state index is 0.155. The Hall–Kier alpha value is -3.33. The van der Waals surface area contributed by atoms with Crippen LogP contribution in [-0.4, -0.2) is 43.4 Å². The van der Waals surface area contributed by atoms with Crippen LogP contribution >= 0.6 is 11.3 Å². The molecule has 0 saturated carbocycles. The van der Waals surface area contributed by atoms with E-state index in [1.165, 1.54) is 18.4 Å². The molecule has 0 fully saturated rings. The number of esters is 1. The Kier molecular flexibility index (Phi) is 7.29. The number of ether oxygens (including phenoxy) is 4. The number of aromatic nitrogens is 1. The van der Waals surface area contributed by atoms with E-state index in [4.69, 9.17) is 18.9 Å². The second-order valence-corrected chi connectivity index (χ2v) is 8.48. The van der Waals surface area contributed by atoms with Crippen LogP contribution in [0.15, 0.2) is 41.4 Å². The Labute approximate surface area is 195 Å². The highest BCUT2D eigenvalue weighted by molar-refractivity contribution is 7.16. The molecule has 3 aromatic rings. The summed E-state index contributed by atoms with van der Waals surface area (Å²) >= 11 is 1.36. The van der Waals surface area contributed by atoms with Crippen LogP contribution in [0, 0.1) is 0 Å². The number of aryl methyl sites for hydroxylation is 1. The molecule has 9 heteroatoms. The van der Waals surface area contributed by atoms with Crippen LogP contribution in [0.5, 0.6) is 17.2 Å². The molecule has 1 aliphatic rings. The zero-order valence-corrected chi connectivity index (χ0v) is 19.5. The maximum absolute atomic E-state index is 12.9. The quantitative estimate of drug-likeness (QED) is 0.366. The van der Waals surface area contributed by atoms with Crippen molar-refractivity contribution < 1.29 is 28.5 Å². The highest BCUT2D eigenvalue weighted by Crippen LogP contribution is 2.35. The summed E-state index contributed by atoms with van der Waals surface area (Å²) in [7, 11) is 1.35. The number of carbonyl (C=O) groups is 2. The number of methoxy groups -OCH3 is 1. The molecule has 0 atom stereocenters. The molecule has 2 heterocycles. The monoisotopic (exact) mass is 470 g/mol. The number of unbranched alkanes of at least 4 members (excludes halogenated alkanes) is 1. The first-order valence-electron chi connectivity index (χ1n) is 10.9. The standard InChI is InChI=1S/C24H26N2O6S/c1-3-4-11-30-17-7-5-16(6-8-17)23(28)25-24-26(10-9-22(27)29-2)18-14-19-20(15-21(18)33-24)32-13-12-31-19/h5-8,14-15H,3-4,9-13H2,1-2H3. The Balaban J connectivity index is 1.67. The Morgan fingerprint density at radius 3 is 2.55 bits per heavy atom. The minimum atomic E-state index is -0.370. The van der Waals surface area contributed by atoms with Gasteiger partial charge in [0, 0.05) is 24.2 Å². The molecular weight excluding hydrogens is 444 g/mol. The van der Waals surface area contributed by atoms with Gasteiger partial charge in [0.15, 0.2) is 16.3 Å². The molecule has 33 heavy (non-hydrogen) atoms. The van der Waals surface area contributed by atoms with Gasteiger partial charge in [-0.15, -0.1) is 0 Å². The maximum Gasteiger partial charge on any atom is 0.307 e. The lowest BCUT2D eigenvalue weighted by Crippen LogP contribution is -2.19. The third-order valence-electron chi connectivity index (χ3n) is 5.18. The molecule has 1 aromatic heterocycles. The topological polar surface area (TPSA) is 88.4 Å². The normalized spacial score (nSPS) is 13.2. The molecule has 0 aliphatic carbocycles. The molecule has 0 radical (unpaired) electrons. The van der Waals surface area contributed by atoms with E-state index in [2.05, 4.69) is 11.9 Å². The molecule has 0 spiro atoms. The summed E-state index contributed by atoms with van der Waals surface area (Å²) in [6.45, 7) is 4.03. The van der Waals surface area contributed by atoms with Crippen LogP contribution in [0.1, 0.15) is 36.5 Å². The van der Waals surface area contributed by atoms with Crippen molar-refractivity contribution in [1.29, 1.82) is 0 Å². The average Bonchev–Trinajstić information content (AvgIpc) is 3.17. The largest absolute Gasteiger partial charge is 0.494 e. The van der Waals surface area contributed by atoms with E-state index in [-0.39, 0.29) is 18.3 Å². The van der Waals surface area contributed by atoms with Gasteiger partial charge in [0.25, 0.3) is 5.91 Å². The predicted molar refractivity (Wildman–Crippen MR) is 124 cm³/mol. The first-order chi connectivity index (χ1) is 16.1. The van der Waals surface area contributed by atoms with Crippen molar-refractivity contribution in [3.8, 4) is 17.2 Å². The van der Waals surface area contributed by atoms with Crippen LogP contribution in [0.4, 0.5) is 0 Å². The Morgan fingerprint density at radius 2 is 1.85 bits per heavy atom. The predicted octanol–water partition coefficient (Wildman–Crippen LogP) is 3.96. The van der Waals surface area contributed by atoms with E-state index in [0.717, 1.165) is 28.8 Å². The number of amides is 1. The van der Waals surface area contributed by atoms with Crippen LogP contribution in [0.2, 0.25) is 0 Å². The van der Waals surface area contributed by atoms with E-state index in [1.54, 1.807) is 24.3 Å². The van der Waals surface area contributed by atoms with Crippen LogP contribution in [0.25, 0.3) is 10.2 Å². The third-order valence-corrected chi connectivity index (χ3v) is 6.22. The lowest BCUT2D eigenvalue weighted by molar-refractivity contribution is -0.140. The zero-order valence-electron chi connectivity index (χ0n) is 18.7. The minimum Gasteiger partial charge on any atom is -0.494 e. The van der Waals surface area contributed by atoms with E-state index in [1.807, 2.05) is 16.7 Å². The number of hydrogen-bond acceptors (Lipinski definition) is 7. The summed E-state index contributed by atoms with van der Waals surface area (Å²) in [6, 6.07) is 10.7. The number of benzene rings is 2. The van der Waals surface area contributed by atoms with Crippen molar-refractivity contribution >= 4 is 33.4 Å². The summed E-state index contributed by atoms with van der Waals surface area (Å²) in [5.74, 6) is 1.31. The van der Waals surface area contributed by atoms with Gasteiger partial charge in [0.2, 0.25) is 0 Å². The fourth-order valence-corrected chi connectivity index (χ4v) is 4.46. The summed E-state index contributed by atoms with van der Waals surface area (Å²) in [6.07, 6.45) is 2.19. The fraction of sp³-hybridized carbons (Fsp3) is 0.375. The van der Waals surface area contributed by atoms with Crippen LogP contribution < -0.4 is 19.0 Å². The van der Waals surface area contributed by atoms with Crippen molar-refractivity contribution in [2.45, 2.75) is 32.7 Å². The second-order valence-electron chi connectivity index (χ2n) is 7.47. The smallest absolute Gasteiger partial charge is 0.307 e. The first kappa shape index (κ1) is 22.8. The van der Waals surface area contributed by atoms with Crippen molar-refractivity contribution in [3.63, 3.8) is 0 Å². The van der Waals surface area contributed by atoms with Gasteiger partial charge in [-0.3, -0.25) is 9.59 Å². The molecule has 0 unspecified atom stereocenters.